The van der Waals surface area contributed by atoms with Crippen LogP contribution in [0.25, 0.3) is 11.4 Å². The van der Waals surface area contributed by atoms with Gasteiger partial charge in [0.15, 0.2) is 0 Å². The van der Waals surface area contributed by atoms with Crippen molar-refractivity contribution in [3.63, 3.8) is 0 Å². The van der Waals surface area contributed by atoms with Crippen LogP contribution in [0.3, 0.4) is 0 Å². The molecule has 0 spiro atoms. The first-order valence-corrected chi connectivity index (χ1v) is 11.6. The first kappa shape index (κ1) is 23.9. The molecule has 1 aromatic carbocycles. The predicted octanol–water partition coefficient (Wildman–Crippen LogP) is 3.99. The summed E-state index contributed by atoms with van der Waals surface area (Å²) in [7, 11) is 2.19. The van der Waals surface area contributed by atoms with Gasteiger partial charge < -0.3 is 25.0 Å². The summed E-state index contributed by atoms with van der Waals surface area (Å²) in [5, 5.41) is 15.0. The highest BCUT2D eigenvalue weighted by molar-refractivity contribution is 5.87. The van der Waals surface area contributed by atoms with Crippen LogP contribution in [0.2, 0.25) is 0 Å². The second kappa shape index (κ2) is 11.2. The minimum Gasteiger partial charge on any atom is -0.382 e. The molecule has 2 N–H and O–H groups in total. The molecule has 0 aliphatic carbocycles. The Morgan fingerprint density at radius 2 is 1.97 bits per heavy atom. The standard InChI is InChI=1S/C18H23N5O2.C6H13N/c1-12(2)20-16-9-14(3-4-15(16)10-19)17-21-18(25-22-17)13-5-7-23(11-24)8-6-13;1-6-4-3-5-7(6)2/h3-4,9-13,19-20H,5-8H2,1-2H3;6H,3-5H2,1-2H3. The maximum absolute atomic E-state index is 10.8. The van der Waals surface area contributed by atoms with Crippen molar-refractivity contribution >= 4 is 18.3 Å². The van der Waals surface area contributed by atoms with Crippen molar-refractivity contribution in [2.75, 3.05) is 32.0 Å². The minimum atomic E-state index is 0.201. The van der Waals surface area contributed by atoms with Crippen LogP contribution in [0.15, 0.2) is 22.7 Å². The normalized spacial score (nSPS) is 19.5. The molecule has 0 saturated carbocycles. The van der Waals surface area contributed by atoms with Crippen LogP contribution in [-0.4, -0.2) is 71.3 Å². The molecule has 32 heavy (non-hydrogen) atoms. The van der Waals surface area contributed by atoms with Crippen LogP contribution in [0.5, 0.6) is 0 Å². The van der Waals surface area contributed by atoms with Gasteiger partial charge in [-0.05, 0) is 66.1 Å². The van der Waals surface area contributed by atoms with E-state index in [9.17, 15) is 4.79 Å². The third-order valence-corrected chi connectivity index (χ3v) is 6.27. The number of hydrogen-bond acceptors (Lipinski definition) is 7. The van der Waals surface area contributed by atoms with Crippen molar-refractivity contribution in [2.45, 2.75) is 64.5 Å². The molecule has 2 aromatic rings. The van der Waals surface area contributed by atoms with Gasteiger partial charge in [-0.2, -0.15) is 4.98 Å². The Bertz CT molecular complexity index is 880. The summed E-state index contributed by atoms with van der Waals surface area (Å²) in [6, 6.07) is 6.84. The zero-order chi connectivity index (χ0) is 23.1. The first-order valence-electron chi connectivity index (χ1n) is 11.6. The second-order valence-electron chi connectivity index (χ2n) is 9.09. The van der Waals surface area contributed by atoms with E-state index in [-0.39, 0.29) is 12.0 Å². The summed E-state index contributed by atoms with van der Waals surface area (Å²) in [4.78, 5) is 19.5. The third-order valence-electron chi connectivity index (χ3n) is 6.27. The SMILES string of the molecule is CC(C)Nc1cc(-c2noc(C3CCN(C=O)CC3)n2)ccc1C=N.CC1CCCN1C. The highest BCUT2D eigenvalue weighted by atomic mass is 16.5. The fourth-order valence-corrected chi connectivity index (χ4v) is 4.10. The molecular weight excluding hydrogens is 404 g/mol. The van der Waals surface area contributed by atoms with E-state index < -0.39 is 0 Å². The van der Waals surface area contributed by atoms with Gasteiger partial charge in [0, 0.05) is 54.1 Å². The Kier molecular flexibility index (Phi) is 8.39. The molecule has 4 rings (SSSR count). The summed E-state index contributed by atoms with van der Waals surface area (Å²) in [6.45, 7) is 9.15. The number of anilines is 1. The number of benzene rings is 1. The predicted molar refractivity (Wildman–Crippen MR) is 127 cm³/mol. The molecule has 8 heteroatoms. The summed E-state index contributed by atoms with van der Waals surface area (Å²) >= 11 is 0. The Morgan fingerprint density at radius 1 is 1.22 bits per heavy atom. The Morgan fingerprint density at radius 3 is 2.50 bits per heavy atom. The van der Waals surface area contributed by atoms with Gasteiger partial charge in [-0.1, -0.05) is 17.3 Å². The summed E-state index contributed by atoms with van der Waals surface area (Å²) in [5.41, 5.74) is 2.56. The monoisotopic (exact) mass is 440 g/mol. The number of amides is 1. The van der Waals surface area contributed by atoms with Gasteiger partial charge >= 0.3 is 0 Å². The van der Waals surface area contributed by atoms with Crippen LogP contribution in [-0.2, 0) is 4.79 Å². The molecule has 3 heterocycles. The zero-order valence-corrected chi connectivity index (χ0v) is 19.7. The van der Waals surface area contributed by atoms with Crippen LogP contribution in [0.4, 0.5) is 5.69 Å². The number of carbonyl (C=O) groups is 1. The van der Waals surface area contributed by atoms with E-state index >= 15 is 0 Å². The lowest BCUT2D eigenvalue weighted by Crippen LogP contribution is -2.31. The van der Waals surface area contributed by atoms with Crippen LogP contribution in [0, 0.1) is 5.41 Å². The molecule has 0 radical (unpaired) electrons. The Hall–Kier alpha value is -2.74. The average Bonchev–Trinajstić information content (AvgIpc) is 3.43. The Balaban J connectivity index is 0.000000352. The fraction of sp³-hybridized carbons (Fsp3) is 0.583. The van der Waals surface area contributed by atoms with Crippen LogP contribution in [0.1, 0.15) is 63.8 Å². The number of nitrogens with one attached hydrogen (secondary N) is 2. The van der Waals surface area contributed by atoms with E-state index in [1.165, 1.54) is 25.6 Å². The molecule has 0 bridgehead atoms. The van der Waals surface area contributed by atoms with Crippen molar-refractivity contribution in [3.8, 4) is 11.4 Å². The quantitative estimate of drug-likeness (QED) is 0.521. The minimum absolute atomic E-state index is 0.201. The van der Waals surface area contributed by atoms with E-state index in [1.807, 2.05) is 18.2 Å². The molecule has 174 valence electrons. The lowest BCUT2D eigenvalue weighted by molar-refractivity contribution is -0.119. The molecule has 2 saturated heterocycles. The van der Waals surface area contributed by atoms with Crippen LogP contribution < -0.4 is 5.32 Å². The molecule has 8 nitrogen and oxygen atoms in total. The summed E-state index contributed by atoms with van der Waals surface area (Å²) < 4.78 is 5.47. The van der Waals surface area contributed by atoms with Gasteiger partial charge in [0.2, 0.25) is 18.1 Å². The highest BCUT2D eigenvalue weighted by Gasteiger charge is 2.25. The number of rotatable bonds is 6. The average molecular weight is 441 g/mol. The zero-order valence-electron chi connectivity index (χ0n) is 19.7. The van der Waals surface area contributed by atoms with E-state index in [4.69, 9.17) is 9.93 Å². The van der Waals surface area contributed by atoms with E-state index in [0.717, 1.165) is 55.2 Å². The van der Waals surface area contributed by atoms with Gasteiger partial charge in [-0.3, -0.25) is 4.79 Å². The topological polar surface area (TPSA) is 98.4 Å². The molecule has 1 aromatic heterocycles. The molecular formula is C24H36N6O2. The largest absolute Gasteiger partial charge is 0.382 e. The number of hydrogen-bond donors (Lipinski definition) is 2. The maximum atomic E-state index is 10.8. The molecule has 1 unspecified atom stereocenters. The van der Waals surface area contributed by atoms with Gasteiger partial charge in [0.05, 0.1) is 0 Å². The smallest absolute Gasteiger partial charge is 0.230 e. The fourth-order valence-electron chi connectivity index (χ4n) is 4.10. The maximum Gasteiger partial charge on any atom is 0.230 e. The highest BCUT2D eigenvalue weighted by Crippen LogP contribution is 2.29. The lowest BCUT2D eigenvalue weighted by Gasteiger charge is -2.26. The van der Waals surface area contributed by atoms with E-state index in [1.54, 1.807) is 4.90 Å². The lowest BCUT2D eigenvalue weighted by atomic mass is 9.97. The van der Waals surface area contributed by atoms with Gasteiger partial charge in [0.25, 0.3) is 0 Å². The van der Waals surface area contributed by atoms with E-state index in [0.29, 0.717) is 11.7 Å². The van der Waals surface area contributed by atoms with Crippen molar-refractivity contribution in [1.29, 1.82) is 5.41 Å². The van der Waals surface area contributed by atoms with Crippen molar-refractivity contribution in [1.82, 2.24) is 19.9 Å². The summed E-state index contributed by atoms with van der Waals surface area (Å²) in [5.74, 6) is 1.39. The van der Waals surface area contributed by atoms with Crippen molar-refractivity contribution in [3.05, 3.63) is 29.7 Å². The number of carbonyl (C=O) groups excluding carboxylic acids is 1. The van der Waals surface area contributed by atoms with Gasteiger partial charge in [-0.25, -0.2) is 0 Å². The summed E-state index contributed by atoms with van der Waals surface area (Å²) in [6.07, 6.45) is 6.70. The molecule has 1 atom stereocenters. The first-order chi connectivity index (χ1) is 15.4. The number of aromatic nitrogens is 2. The molecule has 2 fully saturated rings. The number of nitrogens with zero attached hydrogens (tertiary/aromatic N) is 4. The number of piperidine rings is 1. The van der Waals surface area contributed by atoms with Crippen molar-refractivity contribution in [2.24, 2.45) is 0 Å². The number of likely N-dealkylation sites (tertiary alicyclic amines) is 2. The molecule has 1 amide bonds. The molecule has 2 aliphatic rings. The van der Waals surface area contributed by atoms with Gasteiger partial charge in [-0.15, -0.1) is 0 Å². The Labute approximate surface area is 190 Å². The second-order valence-corrected chi connectivity index (χ2v) is 9.09. The van der Waals surface area contributed by atoms with E-state index in [2.05, 4.69) is 48.2 Å². The molecule has 2 aliphatic heterocycles. The van der Waals surface area contributed by atoms with Crippen molar-refractivity contribution < 1.29 is 9.32 Å². The van der Waals surface area contributed by atoms with Gasteiger partial charge in [0.1, 0.15) is 0 Å². The van der Waals surface area contributed by atoms with Crippen LogP contribution >= 0.6 is 0 Å². The third kappa shape index (κ3) is 6.16.